The summed E-state index contributed by atoms with van der Waals surface area (Å²) in [7, 11) is 0. The number of piperidine rings is 3. The van der Waals surface area contributed by atoms with Gasteiger partial charge in [-0.3, -0.25) is 9.69 Å². The second kappa shape index (κ2) is 7.84. The molecule has 5 rings (SSSR count). The van der Waals surface area contributed by atoms with Crippen LogP contribution in [0.15, 0.2) is 35.9 Å². The minimum absolute atomic E-state index is 0.0926. The van der Waals surface area contributed by atoms with Gasteiger partial charge in [-0.05, 0) is 93.9 Å². The SMILES string of the molecule is CC(=O)c1ccc(NC(=S)N2CCCC3=CC4CC(CN5CCCC[C@H]45)[C@@H]32)cc1. The third-order valence-electron chi connectivity index (χ3n) is 7.46. The van der Waals surface area contributed by atoms with Crippen molar-refractivity contribution in [3.05, 3.63) is 41.5 Å². The Morgan fingerprint density at radius 1 is 1.14 bits per heavy atom. The van der Waals surface area contributed by atoms with Crippen LogP contribution in [0.5, 0.6) is 0 Å². The van der Waals surface area contributed by atoms with Crippen LogP contribution < -0.4 is 5.32 Å². The van der Waals surface area contributed by atoms with E-state index in [2.05, 4.69) is 21.2 Å². The summed E-state index contributed by atoms with van der Waals surface area (Å²) in [4.78, 5) is 16.8. The highest BCUT2D eigenvalue weighted by Gasteiger charge is 2.46. The van der Waals surface area contributed by atoms with E-state index in [1.807, 2.05) is 24.3 Å². The number of ketones is 1. The predicted octanol–water partition coefficient (Wildman–Crippen LogP) is 4.48. The molecule has 3 saturated heterocycles. The molecule has 29 heavy (non-hydrogen) atoms. The first kappa shape index (κ1) is 19.3. The fourth-order valence-electron chi connectivity index (χ4n) is 6.18. The highest BCUT2D eigenvalue weighted by atomic mass is 32.1. The van der Waals surface area contributed by atoms with Gasteiger partial charge in [0.1, 0.15) is 0 Å². The summed E-state index contributed by atoms with van der Waals surface area (Å²) in [6.07, 6.45) is 10.5. The molecule has 1 aromatic carbocycles. The number of Topliss-reactive ketones (excluding diaryl/α,β-unsaturated/α-hetero) is 1. The van der Waals surface area contributed by atoms with Gasteiger partial charge < -0.3 is 10.2 Å². The molecule has 1 aromatic rings. The summed E-state index contributed by atoms with van der Waals surface area (Å²) in [6, 6.07) is 8.90. The Hall–Kier alpha value is -1.72. The first-order valence-corrected chi connectivity index (χ1v) is 11.6. The molecular formula is C24H31N3OS. The van der Waals surface area contributed by atoms with Crippen molar-refractivity contribution in [3.63, 3.8) is 0 Å². The van der Waals surface area contributed by atoms with Crippen LogP contribution in [-0.2, 0) is 0 Å². The fourth-order valence-corrected chi connectivity index (χ4v) is 6.51. The monoisotopic (exact) mass is 409 g/mol. The fraction of sp³-hybridized carbons (Fsp3) is 0.583. The Balaban J connectivity index is 1.35. The Morgan fingerprint density at radius 3 is 2.76 bits per heavy atom. The highest BCUT2D eigenvalue weighted by molar-refractivity contribution is 7.80. The van der Waals surface area contributed by atoms with E-state index < -0.39 is 0 Å². The Labute approximate surface area is 179 Å². The number of carbonyl (C=O) groups excluding carboxylic acids is 1. The molecule has 1 N–H and O–H groups in total. The van der Waals surface area contributed by atoms with Gasteiger partial charge in [0, 0.05) is 30.4 Å². The molecule has 3 fully saturated rings. The number of anilines is 1. The number of fused-ring (bicyclic) bond motifs is 6. The minimum atomic E-state index is 0.0926. The molecule has 4 aliphatic rings. The van der Waals surface area contributed by atoms with Crippen LogP contribution in [0.1, 0.15) is 55.8 Å². The van der Waals surface area contributed by atoms with Gasteiger partial charge in [0.2, 0.25) is 0 Å². The number of thiocarbonyl (C=S) groups is 1. The molecule has 0 aromatic heterocycles. The van der Waals surface area contributed by atoms with Crippen LogP contribution in [0, 0.1) is 11.8 Å². The molecule has 0 saturated carbocycles. The largest absolute Gasteiger partial charge is 0.342 e. The number of nitrogens with one attached hydrogen (secondary N) is 1. The summed E-state index contributed by atoms with van der Waals surface area (Å²) in [5, 5.41) is 4.28. The van der Waals surface area contributed by atoms with Crippen LogP contribution in [-0.4, -0.2) is 52.4 Å². The molecule has 1 aliphatic carbocycles. The Morgan fingerprint density at radius 2 is 1.97 bits per heavy atom. The van der Waals surface area contributed by atoms with Gasteiger partial charge in [-0.2, -0.15) is 0 Å². The molecule has 5 heteroatoms. The maximum Gasteiger partial charge on any atom is 0.173 e. The predicted molar refractivity (Wildman–Crippen MR) is 121 cm³/mol. The van der Waals surface area contributed by atoms with Crippen molar-refractivity contribution in [1.82, 2.24) is 9.80 Å². The first-order valence-electron chi connectivity index (χ1n) is 11.2. The zero-order chi connectivity index (χ0) is 20.0. The van der Waals surface area contributed by atoms with Crippen molar-refractivity contribution in [1.29, 1.82) is 0 Å². The molecule has 3 heterocycles. The number of hydrogen-bond acceptors (Lipinski definition) is 3. The topological polar surface area (TPSA) is 35.6 Å². The van der Waals surface area contributed by atoms with Crippen LogP contribution in [0.2, 0.25) is 0 Å². The van der Waals surface area contributed by atoms with Crippen molar-refractivity contribution in [3.8, 4) is 0 Å². The van der Waals surface area contributed by atoms with Gasteiger partial charge in [-0.1, -0.05) is 18.1 Å². The van der Waals surface area contributed by atoms with Crippen LogP contribution >= 0.6 is 12.2 Å². The van der Waals surface area contributed by atoms with Gasteiger partial charge in [0.05, 0.1) is 6.04 Å². The lowest BCUT2D eigenvalue weighted by molar-refractivity contribution is 0.0132. The number of nitrogens with zero attached hydrogens (tertiary/aromatic N) is 2. The van der Waals surface area contributed by atoms with Gasteiger partial charge in [-0.15, -0.1) is 0 Å². The van der Waals surface area contributed by atoms with E-state index in [-0.39, 0.29) is 5.78 Å². The molecule has 0 amide bonds. The van der Waals surface area contributed by atoms with E-state index >= 15 is 0 Å². The average Bonchev–Trinajstić information content (AvgIpc) is 2.74. The van der Waals surface area contributed by atoms with E-state index in [0.717, 1.165) is 34.9 Å². The molecule has 2 unspecified atom stereocenters. The number of likely N-dealkylation sites (tertiary alicyclic amines) is 1. The molecule has 154 valence electrons. The summed E-state index contributed by atoms with van der Waals surface area (Å²) in [5.41, 5.74) is 3.34. The molecule has 4 atom stereocenters. The quantitative estimate of drug-likeness (QED) is 0.443. The van der Waals surface area contributed by atoms with Crippen molar-refractivity contribution < 1.29 is 4.79 Å². The average molecular weight is 410 g/mol. The standard InChI is InChI=1S/C24H31N3OS/c1-16(28)17-7-9-21(10-8-17)25-24(29)27-12-4-5-18-13-19-14-20(23(18)27)15-26-11-3-2-6-22(19)26/h7-10,13,19-20,22-23H,2-6,11-12,14-15H2,1H3,(H,25,29)/t19?,20?,22-,23-/m1/s1. The smallest absolute Gasteiger partial charge is 0.173 e. The van der Waals surface area contributed by atoms with E-state index in [4.69, 9.17) is 12.2 Å². The maximum atomic E-state index is 11.5. The van der Waals surface area contributed by atoms with Gasteiger partial charge in [0.15, 0.2) is 10.9 Å². The van der Waals surface area contributed by atoms with E-state index in [1.165, 1.54) is 51.6 Å². The third-order valence-corrected chi connectivity index (χ3v) is 7.80. The molecule has 3 aliphatic heterocycles. The first-order chi connectivity index (χ1) is 14.1. The lowest BCUT2D eigenvalue weighted by Gasteiger charge is -2.55. The molecule has 2 bridgehead atoms. The van der Waals surface area contributed by atoms with Crippen molar-refractivity contribution in [2.24, 2.45) is 11.8 Å². The summed E-state index contributed by atoms with van der Waals surface area (Å²) in [6.45, 7) is 5.14. The van der Waals surface area contributed by atoms with E-state index in [9.17, 15) is 4.79 Å². The molecular weight excluding hydrogens is 378 g/mol. The number of benzene rings is 1. The number of hydrogen-bond donors (Lipinski definition) is 1. The molecule has 0 radical (unpaired) electrons. The second-order valence-electron chi connectivity index (χ2n) is 9.26. The van der Waals surface area contributed by atoms with Crippen LogP contribution in [0.4, 0.5) is 5.69 Å². The van der Waals surface area contributed by atoms with Crippen LogP contribution in [0.3, 0.4) is 0 Å². The normalized spacial score (nSPS) is 31.3. The van der Waals surface area contributed by atoms with Crippen molar-refractivity contribution in [2.45, 2.75) is 57.5 Å². The van der Waals surface area contributed by atoms with Crippen molar-refractivity contribution >= 4 is 28.8 Å². The molecule has 0 spiro atoms. The minimum Gasteiger partial charge on any atom is -0.342 e. The second-order valence-corrected chi connectivity index (χ2v) is 9.65. The Bertz CT molecular complexity index is 833. The Kier molecular flexibility index (Phi) is 5.21. The maximum absolute atomic E-state index is 11.5. The lowest BCUT2D eigenvalue weighted by atomic mass is 9.68. The summed E-state index contributed by atoms with van der Waals surface area (Å²) >= 11 is 5.88. The number of carbonyl (C=O) groups is 1. The summed E-state index contributed by atoms with van der Waals surface area (Å²) < 4.78 is 0. The van der Waals surface area contributed by atoms with Crippen LogP contribution in [0.25, 0.3) is 0 Å². The zero-order valence-corrected chi connectivity index (χ0v) is 18.1. The van der Waals surface area contributed by atoms with E-state index in [0.29, 0.717) is 12.0 Å². The summed E-state index contributed by atoms with van der Waals surface area (Å²) in [5.74, 6) is 1.53. The molecule has 4 nitrogen and oxygen atoms in total. The van der Waals surface area contributed by atoms with Crippen molar-refractivity contribution in [2.75, 3.05) is 25.0 Å². The van der Waals surface area contributed by atoms with Gasteiger partial charge in [-0.25, -0.2) is 0 Å². The van der Waals surface area contributed by atoms with E-state index in [1.54, 1.807) is 12.5 Å². The van der Waals surface area contributed by atoms with Gasteiger partial charge >= 0.3 is 0 Å². The zero-order valence-electron chi connectivity index (χ0n) is 17.3. The van der Waals surface area contributed by atoms with Gasteiger partial charge in [0.25, 0.3) is 0 Å². The highest BCUT2D eigenvalue weighted by Crippen LogP contribution is 2.45. The number of rotatable bonds is 2. The third kappa shape index (κ3) is 3.64. The lowest BCUT2D eigenvalue weighted by Crippen LogP contribution is -2.60.